The fraction of sp³-hybridized carbons (Fsp3) is 0.318. The zero-order valence-electron chi connectivity index (χ0n) is 16.4. The predicted molar refractivity (Wildman–Crippen MR) is 110 cm³/mol. The van der Waals surface area contributed by atoms with Gasteiger partial charge in [0.25, 0.3) is 0 Å². The lowest BCUT2D eigenvalue weighted by Crippen LogP contribution is -2.06. The smallest absolute Gasteiger partial charge is 0.336 e. The zero-order valence-corrected chi connectivity index (χ0v) is 16.4. The van der Waals surface area contributed by atoms with Crippen LogP contribution in [0.4, 0.5) is 5.69 Å². The summed E-state index contributed by atoms with van der Waals surface area (Å²) in [4.78, 5) is 11.9. The van der Waals surface area contributed by atoms with Gasteiger partial charge in [-0.15, -0.1) is 0 Å². The first-order valence-electron chi connectivity index (χ1n) is 9.47. The highest BCUT2D eigenvalue weighted by molar-refractivity contribution is 5.83. The maximum atomic E-state index is 11.9. The van der Waals surface area contributed by atoms with Crippen LogP contribution in [-0.2, 0) is 13.0 Å². The van der Waals surface area contributed by atoms with Gasteiger partial charge < -0.3 is 24.3 Å². The maximum absolute atomic E-state index is 11.9. The number of ether oxygens (including phenoxy) is 2. The first-order valence-corrected chi connectivity index (χ1v) is 9.47. The molecule has 0 aliphatic heterocycles. The van der Waals surface area contributed by atoms with E-state index in [0.717, 1.165) is 22.2 Å². The van der Waals surface area contributed by atoms with E-state index in [1.165, 1.54) is 12.1 Å². The Morgan fingerprint density at radius 1 is 0.964 bits per heavy atom. The number of phenols is 1. The molecule has 3 aromatic rings. The van der Waals surface area contributed by atoms with E-state index in [0.29, 0.717) is 43.3 Å². The van der Waals surface area contributed by atoms with Gasteiger partial charge in [0.15, 0.2) is 11.5 Å². The van der Waals surface area contributed by atoms with E-state index in [2.05, 4.69) is 5.32 Å². The Labute approximate surface area is 163 Å². The summed E-state index contributed by atoms with van der Waals surface area (Å²) in [6.07, 6.45) is 0.685. The largest absolute Gasteiger partial charge is 0.508 e. The van der Waals surface area contributed by atoms with Crippen LogP contribution in [-0.4, -0.2) is 18.3 Å². The van der Waals surface area contributed by atoms with Crippen molar-refractivity contribution < 1.29 is 19.0 Å². The van der Waals surface area contributed by atoms with Crippen LogP contribution >= 0.6 is 0 Å². The summed E-state index contributed by atoms with van der Waals surface area (Å²) in [5.41, 5.74) is 2.38. The van der Waals surface area contributed by atoms with Gasteiger partial charge in [0.05, 0.1) is 13.2 Å². The van der Waals surface area contributed by atoms with Gasteiger partial charge in [0, 0.05) is 35.8 Å². The van der Waals surface area contributed by atoms with E-state index in [4.69, 9.17) is 13.9 Å². The Morgan fingerprint density at radius 3 is 2.43 bits per heavy atom. The molecule has 0 unspecified atom stereocenters. The second kappa shape index (κ2) is 8.69. The quantitative estimate of drug-likeness (QED) is 0.559. The van der Waals surface area contributed by atoms with Crippen LogP contribution in [0, 0.1) is 0 Å². The molecule has 0 saturated carbocycles. The lowest BCUT2D eigenvalue weighted by molar-refractivity contribution is 0.288. The summed E-state index contributed by atoms with van der Waals surface area (Å²) in [5, 5.41) is 14.2. The van der Waals surface area contributed by atoms with Gasteiger partial charge in [0.2, 0.25) is 0 Å². The monoisotopic (exact) mass is 383 g/mol. The van der Waals surface area contributed by atoms with Crippen molar-refractivity contribution in [1.29, 1.82) is 0 Å². The lowest BCUT2D eigenvalue weighted by atomic mass is 10.0. The minimum Gasteiger partial charge on any atom is -0.508 e. The molecule has 0 saturated heterocycles. The first kappa shape index (κ1) is 19.6. The number of hydrogen-bond acceptors (Lipinski definition) is 6. The average Bonchev–Trinajstić information content (AvgIpc) is 2.67. The Morgan fingerprint density at radius 2 is 1.71 bits per heavy atom. The first-order chi connectivity index (χ1) is 13.5. The van der Waals surface area contributed by atoms with Gasteiger partial charge in [-0.3, -0.25) is 0 Å². The van der Waals surface area contributed by atoms with E-state index >= 15 is 0 Å². The number of rotatable bonds is 8. The highest BCUT2D eigenvalue weighted by Crippen LogP contribution is 2.31. The molecule has 3 rings (SSSR count). The van der Waals surface area contributed by atoms with E-state index in [-0.39, 0.29) is 5.75 Å². The van der Waals surface area contributed by atoms with Crippen molar-refractivity contribution in [3.8, 4) is 17.2 Å². The molecule has 28 heavy (non-hydrogen) atoms. The number of phenolic OH excluding ortho intramolecular Hbond substituents is 1. The van der Waals surface area contributed by atoms with Gasteiger partial charge in [0.1, 0.15) is 11.3 Å². The number of aromatic hydroxyl groups is 1. The fourth-order valence-electron chi connectivity index (χ4n) is 3.09. The van der Waals surface area contributed by atoms with Crippen LogP contribution in [0.5, 0.6) is 17.2 Å². The van der Waals surface area contributed by atoms with Crippen LogP contribution in [0.3, 0.4) is 0 Å². The van der Waals surface area contributed by atoms with Crippen LogP contribution in [0.2, 0.25) is 0 Å². The molecule has 6 heteroatoms. The normalized spacial score (nSPS) is 10.8. The van der Waals surface area contributed by atoms with Gasteiger partial charge in [-0.1, -0.05) is 6.92 Å². The SMILES string of the molecule is CCOc1ccc(NCc2cc(=O)oc3cc(O)c(CC)cc23)cc1OCC. The minimum absolute atomic E-state index is 0.135. The number of fused-ring (bicyclic) bond motifs is 1. The van der Waals surface area contributed by atoms with Crippen molar-refractivity contribution in [3.63, 3.8) is 0 Å². The standard InChI is InChI=1S/C22H25NO5/c1-4-14-9-17-15(10-22(25)28-20(17)12-18(14)24)13-23-16-7-8-19(26-5-2)21(11-16)27-6-3/h7-12,23-24H,4-6,13H2,1-3H3. The van der Waals surface area contributed by atoms with Gasteiger partial charge in [-0.05, 0) is 49.6 Å². The maximum Gasteiger partial charge on any atom is 0.336 e. The molecule has 0 aliphatic carbocycles. The third kappa shape index (κ3) is 4.22. The van der Waals surface area contributed by atoms with E-state index < -0.39 is 5.63 Å². The molecule has 0 amide bonds. The summed E-state index contributed by atoms with van der Waals surface area (Å²) in [6.45, 7) is 7.34. The van der Waals surface area contributed by atoms with E-state index in [9.17, 15) is 9.90 Å². The van der Waals surface area contributed by atoms with Crippen LogP contribution < -0.4 is 20.4 Å². The lowest BCUT2D eigenvalue weighted by Gasteiger charge is -2.14. The molecular formula is C22H25NO5. The Balaban J connectivity index is 1.91. The summed E-state index contributed by atoms with van der Waals surface area (Å²) >= 11 is 0. The molecule has 148 valence electrons. The molecule has 0 bridgehead atoms. The number of aryl methyl sites for hydroxylation is 1. The van der Waals surface area contributed by atoms with Gasteiger partial charge in [-0.2, -0.15) is 0 Å². The molecule has 0 fully saturated rings. The fourth-order valence-corrected chi connectivity index (χ4v) is 3.09. The highest BCUT2D eigenvalue weighted by atomic mass is 16.5. The van der Waals surface area contributed by atoms with Crippen molar-refractivity contribution in [2.45, 2.75) is 33.7 Å². The van der Waals surface area contributed by atoms with Crippen molar-refractivity contribution in [3.05, 3.63) is 57.9 Å². The molecule has 0 spiro atoms. The van der Waals surface area contributed by atoms with E-state index in [1.807, 2.05) is 45.0 Å². The predicted octanol–water partition coefficient (Wildman–Crippen LogP) is 4.47. The van der Waals surface area contributed by atoms with Crippen LogP contribution in [0.15, 0.2) is 45.6 Å². The molecule has 1 aromatic heterocycles. The summed E-state index contributed by atoms with van der Waals surface area (Å²) in [7, 11) is 0. The number of nitrogens with one attached hydrogen (secondary N) is 1. The molecule has 2 N–H and O–H groups in total. The van der Waals surface area contributed by atoms with Crippen molar-refractivity contribution in [2.24, 2.45) is 0 Å². The molecular weight excluding hydrogens is 358 g/mol. The topological polar surface area (TPSA) is 80.9 Å². The Bertz CT molecular complexity index is 1030. The molecule has 2 aromatic carbocycles. The van der Waals surface area contributed by atoms with Crippen molar-refractivity contribution >= 4 is 16.7 Å². The Kier molecular flexibility index (Phi) is 6.09. The van der Waals surface area contributed by atoms with E-state index in [1.54, 1.807) is 0 Å². The zero-order chi connectivity index (χ0) is 20.1. The molecule has 0 aliphatic rings. The third-order valence-corrected chi connectivity index (χ3v) is 4.44. The van der Waals surface area contributed by atoms with Crippen LogP contribution in [0.1, 0.15) is 31.9 Å². The Hall–Kier alpha value is -3.15. The molecule has 1 heterocycles. The highest BCUT2D eigenvalue weighted by Gasteiger charge is 2.11. The number of benzene rings is 2. The number of anilines is 1. The summed E-state index contributed by atoms with van der Waals surface area (Å²) < 4.78 is 16.5. The average molecular weight is 383 g/mol. The van der Waals surface area contributed by atoms with Crippen LogP contribution in [0.25, 0.3) is 11.0 Å². The summed E-state index contributed by atoms with van der Waals surface area (Å²) in [5.74, 6) is 1.50. The molecule has 0 atom stereocenters. The molecule has 0 radical (unpaired) electrons. The second-order valence-electron chi connectivity index (χ2n) is 6.30. The van der Waals surface area contributed by atoms with Crippen molar-refractivity contribution in [1.82, 2.24) is 0 Å². The third-order valence-electron chi connectivity index (χ3n) is 4.44. The molecule has 6 nitrogen and oxygen atoms in total. The number of hydrogen-bond donors (Lipinski definition) is 2. The van der Waals surface area contributed by atoms with Gasteiger partial charge in [-0.25, -0.2) is 4.79 Å². The minimum atomic E-state index is -0.449. The summed E-state index contributed by atoms with van der Waals surface area (Å²) in [6, 6.07) is 10.5. The second-order valence-corrected chi connectivity index (χ2v) is 6.30. The van der Waals surface area contributed by atoms with Gasteiger partial charge >= 0.3 is 5.63 Å². The van der Waals surface area contributed by atoms with Crippen molar-refractivity contribution in [2.75, 3.05) is 18.5 Å².